The fourth-order valence-corrected chi connectivity index (χ4v) is 1.26. The summed E-state index contributed by atoms with van der Waals surface area (Å²) < 4.78 is 0. The highest BCUT2D eigenvalue weighted by molar-refractivity contribution is 5.47. The third kappa shape index (κ3) is 1.37. The van der Waals surface area contributed by atoms with Crippen molar-refractivity contribution in [1.29, 1.82) is 0 Å². The standard InChI is InChI=1S/C12H10/c1-2-4-8-12-10-6-5-9-11(12)7-3-1/h1-10H/b2-1?,3-1-,4-2-,7-3?,8-4?,11-7-,12-8-. The number of rotatable bonds is 0. The Morgan fingerprint density at radius 1 is 0.583 bits per heavy atom. The molecule has 0 atom stereocenters. The van der Waals surface area contributed by atoms with Crippen molar-refractivity contribution in [2.45, 2.75) is 0 Å². The summed E-state index contributed by atoms with van der Waals surface area (Å²) in [5.41, 5.74) is 0. The lowest BCUT2D eigenvalue weighted by Crippen LogP contribution is -2.22. The van der Waals surface area contributed by atoms with E-state index in [4.69, 9.17) is 0 Å². The van der Waals surface area contributed by atoms with Crippen molar-refractivity contribution in [2.75, 3.05) is 0 Å². The molecule has 1 aliphatic carbocycles. The molecule has 0 unspecified atom stereocenters. The second kappa shape index (κ2) is 3.22. The summed E-state index contributed by atoms with van der Waals surface area (Å²) in [4.78, 5) is 0. The SMILES string of the molecule is C1=C\C=c2\cccc\c2=C\C=C/1. The number of hydrogen-bond acceptors (Lipinski definition) is 0. The molecule has 0 nitrogen and oxygen atoms in total. The molecule has 0 bridgehead atoms. The van der Waals surface area contributed by atoms with E-state index in [9.17, 15) is 0 Å². The average Bonchev–Trinajstić information content (AvgIpc) is 2.06. The Bertz CT molecular complexity index is 390. The summed E-state index contributed by atoms with van der Waals surface area (Å²) >= 11 is 0. The number of fused-ring (bicyclic) bond motifs is 1. The molecule has 0 heteroatoms. The van der Waals surface area contributed by atoms with Crippen molar-refractivity contribution >= 4 is 12.2 Å². The van der Waals surface area contributed by atoms with Crippen LogP contribution in [0.2, 0.25) is 0 Å². The van der Waals surface area contributed by atoms with Crippen LogP contribution in [0.3, 0.4) is 0 Å². The van der Waals surface area contributed by atoms with E-state index in [0.717, 1.165) is 0 Å². The van der Waals surface area contributed by atoms with Gasteiger partial charge >= 0.3 is 0 Å². The van der Waals surface area contributed by atoms with Gasteiger partial charge in [-0.25, -0.2) is 0 Å². The van der Waals surface area contributed by atoms with E-state index in [1.165, 1.54) is 10.4 Å². The molecule has 0 radical (unpaired) electrons. The Hall–Kier alpha value is -1.56. The zero-order chi connectivity index (χ0) is 8.23. The van der Waals surface area contributed by atoms with Crippen LogP contribution in [0.1, 0.15) is 0 Å². The summed E-state index contributed by atoms with van der Waals surface area (Å²) in [5, 5.41) is 2.55. The minimum atomic E-state index is 1.28. The summed E-state index contributed by atoms with van der Waals surface area (Å²) in [7, 11) is 0. The van der Waals surface area contributed by atoms with Crippen LogP contribution in [0, 0.1) is 0 Å². The van der Waals surface area contributed by atoms with Crippen molar-refractivity contribution in [1.82, 2.24) is 0 Å². The lowest BCUT2D eigenvalue weighted by atomic mass is 10.2. The first-order valence-electron chi connectivity index (χ1n) is 4.07. The highest BCUT2D eigenvalue weighted by Crippen LogP contribution is 1.83. The van der Waals surface area contributed by atoms with Gasteiger partial charge in [0.25, 0.3) is 0 Å². The molecule has 12 heavy (non-hydrogen) atoms. The predicted octanol–water partition coefficient (Wildman–Crippen LogP) is 1.37. The first-order chi connectivity index (χ1) is 5.97. The van der Waals surface area contributed by atoms with Crippen LogP contribution < -0.4 is 10.4 Å². The van der Waals surface area contributed by atoms with Crippen LogP contribution in [0.4, 0.5) is 0 Å². The van der Waals surface area contributed by atoms with E-state index in [1.54, 1.807) is 0 Å². The van der Waals surface area contributed by atoms with Crippen LogP contribution >= 0.6 is 0 Å². The zero-order valence-electron chi connectivity index (χ0n) is 6.77. The molecule has 58 valence electrons. The van der Waals surface area contributed by atoms with Crippen LogP contribution in [0.5, 0.6) is 0 Å². The van der Waals surface area contributed by atoms with E-state index in [1.807, 2.05) is 12.2 Å². The molecule has 0 amide bonds. The van der Waals surface area contributed by atoms with Gasteiger partial charge in [0.1, 0.15) is 0 Å². The van der Waals surface area contributed by atoms with E-state index in [0.29, 0.717) is 0 Å². The topological polar surface area (TPSA) is 0 Å². The van der Waals surface area contributed by atoms with Gasteiger partial charge in [-0.2, -0.15) is 0 Å². The van der Waals surface area contributed by atoms with Crippen molar-refractivity contribution in [3.8, 4) is 0 Å². The normalized spacial score (nSPS) is 24.7. The highest BCUT2D eigenvalue weighted by Gasteiger charge is 1.81. The van der Waals surface area contributed by atoms with Crippen molar-refractivity contribution in [3.63, 3.8) is 0 Å². The van der Waals surface area contributed by atoms with E-state index in [-0.39, 0.29) is 0 Å². The Morgan fingerprint density at radius 3 is 1.58 bits per heavy atom. The van der Waals surface area contributed by atoms with E-state index < -0.39 is 0 Å². The van der Waals surface area contributed by atoms with Gasteiger partial charge in [-0.05, 0) is 10.4 Å². The van der Waals surface area contributed by atoms with Crippen LogP contribution in [0.15, 0.2) is 48.6 Å². The van der Waals surface area contributed by atoms with Gasteiger partial charge in [-0.15, -0.1) is 0 Å². The first-order valence-corrected chi connectivity index (χ1v) is 4.07. The highest BCUT2D eigenvalue weighted by atomic mass is 13.9. The third-order valence-corrected chi connectivity index (χ3v) is 1.88. The quantitative estimate of drug-likeness (QED) is 0.529. The molecule has 0 aliphatic heterocycles. The minimum Gasteiger partial charge on any atom is -0.0622 e. The number of benzene rings is 1. The lowest BCUT2D eigenvalue weighted by molar-refractivity contribution is 1.52. The van der Waals surface area contributed by atoms with Crippen molar-refractivity contribution in [2.24, 2.45) is 0 Å². The van der Waals surface area contributed by atoms with Gasteiger partial charge in [-0.1, -0.05) is 60.7 Å². The molecule has 0 fully saturated rings. The maximum absolute atomic E-state index is 2.12. The number of allylic oxidation sites excluding steroid dienone is 4. The van der Waals surface area contributed by atoms with Gasteiger partial charge < -0.3 is 0 Å². The fourth-order valence-electron chi connectivity index (χ4n) is 1.26. The van der Waals surface area contributed by atoms with Crippen molar-refractivity contribution < 1.29 is 0 Å². The summed E-state index contributed by atoms with van der Waals surface area (Å²) in [6.45, 7) is 0. The molecule has 0 heterocycles. The maximum Gasteiger partial charge on any atom is -0.0184 e. The predicted molar refractivity (Wildman–Crippen MR) is 52.9 cm³/mol. The molecule has 0 saturated carbocycles. The minimum absolute atomic E-state index is 1.28. The van der Waals surface area contributed by atoms with Gasteiger partial charge in [-0.3, -0.25) is 0 Å². The molecule has 1 aromatic rings. The van der Waals surface area contributed by atoms with Crippen molar-refractivity contribution in [3.05, 3.63) is 59.0 Å². The average molecular weight is 154 g/mol. The lowest BCUT2D eigenvalue weighted by Gasteiger charge is -1.89. The molecule has 0 N–H and O–H groups in total. The van der Waals surface area contributed by atoms with Crippen LogP contribution in [-0.4, -0.2) is 0 Å². The van der Waals surface area contributed by atoms with E-state index >= 15 is 0 Å². The second-order valence-electron chi connectivity index (χ2n) is 2.73. The Kier molecular flexibility index (Phi) is 1.91. The molecule has 0 spiro atoms. The summed E-state index contributed by atoms with van der Waals surface area (Å²) in [6, 6.07) is 8.36. The second-order valence-corrected chi connectivity index (χ2v) is 2.73. The van der Waals surface area contributed by atoms with Gasteiger partial charge in [0.2, 0.25) is 0 Å². The number of hydrogen-bond donors (Lipinski definition) is 0. The molecular formula is C12H10. The smallest absolute Gasteiger partial charge is 0.0184 e. The monoisotopic (exact) mass is 154 g/mol. The van der Waals surface area contributed by atoms with Gasteiger partial charge in [0.05, 0.1) is 0 Å². The summed E-state index contributed by atoms with van der Waals surface area (Å²) in [6.07, 6.45) is 12.4. The Balaban J connectivity index is 2.80. The van der Waals surface area contributed by atoms with E-state index in [2.05, 4.69) is 48.6 Å². The molecule has 1 aliphatic rings. The van der Waals surface area contributed by atoms with Crippen LogP contribution in [-0.2, 0) is 0 Å². The summed E-state index contributed by atoms with van der Waals surface area (Å²) in [5.74, 6) is 0. The fraction of sp³-hybridized carbons (Fsp3) is 0. The molecule has 0 saturated heterocycles. The largest absolute Gasteiger partial charge is 0.0622 e. The Labute approximate surface area is 71.9 Å². The van der Waals surface area contributed by atoms with Gasteiger partial charge in [0, 0.05) is 0 Å². The molecule has 0 aromatic heterocycles. The zero-order valence-corrected chi connectivity index (χ0v) is 6.77. The van der Waals surface area contributed by atoms with Gasteiger partial charge in [0.15, 0.2) is 0 Å². The molecule has 1 aromatic carbocycles. The molecule has 2 rings (SSSR count). The first kappa shape index (κ1) is 7.11. The Morgan fingerprint density at radius 2 is 1.08 bits per heavy atom. The third-order valence-electron chi connectivity index (χ3n) is 1.88. The maximum atomic E-state index is 2.12. The van der Waals surface area contributed by atoms with Crippen LogP contribution in [0.25, 0.3) is 12.2 Å². The molecular weight excluding hydrogens is 144 g/mol.